The molecule has 3 amide bonds. The fraction of sp³-hybridized carbons (Fsp3) is 0.417. The number of halogens is 1. The van der Waals surface area contributed by atoms with Crippen LogP contribution in [-0.4, -0.2) is 24.0 Å². The second kappa shape index (κ2) is 6.67. The summed E-state index contributed by atoms with van der Waals surface area (Å²) in [5.74, 6) is -1.20. The van der Waals surface area contributed by atoms with Crippen LogP contribution in [0, 0.1) is 11.7 Å². The number of nitrogens with one attached hydrogen (secondary N) is 3. The van der Waals surface area contributed by atoms with Crippen molar-refractivity contribution in [3.63, 3.8) is 0 Å². The van der Waals surface area contributed by atoms with Crippen LogP contribution in [0.1, 0.15) is 29.9 Å². The molecule has 0 bridgehead atoms. The Morgan fingerprint density at radius 3 is 2.63 bits per heavy atom. The zero-order valence-corrected chi connectivity index (χ0v) is 11.1. The second-order valence-corrected chi connectivity index (χ2v) is 4.39. The number of rotatable bonds is 3. The van der Waals surface area contributed by atoms with E-state index in [4.69, 9.17) is 0 Å². The van der Waals surface area contributed by atoms with Gasteiger partial charge in [-0.1, -0.05) is 13.8 Å². The smallest absolute Gasteiger partial charge is 0.333 e. The van der Waals surface area contributed by atoms with E-state index in [1.807, 2.05) is 13.8 Å². The molecule has 0 fully saturated rings. The highest BCUT2D eigenvalue weighted by Crippen LogP contribution is 2.14. The maximum atomic E-state index is 14.0. The first-order valence-electron chi connectivity index (χ1n) is 5.87. The van der Waals surface area contributed by atoms with Crippen LogP contribution in [0.3, 0.4) is 0 Å². The Kier molecular flexibility index (Phi) is 5.23. The number of carbonyl (C=O) groups excluding carboxylic acids is 2. The molecule has 0 saturated carbocycles. The summed E-state index contributed by atoms with van der Waals surface area (Å²) in [5.41, 5.74) is 4.22. The first-order valence-corrected chi connectivity index (χ1v) is 5.87. The first-order chi connectivity index (χ1) is 8.95. The Hall–Kier alpha value is -2.18. The molecule has 0 atom stereocenters. The molecule has 0 aromatic carbocycles. The largest absolute Gasteiger partial charge is 0.340 e. The molecule has 0 radical (unpaired) electrons. The van der Waals surface area contributed by atoms with E-state index in [1.165, 1.54) is 19.3 Å². The van der Waals surface area contributed by atoms with Gasteiger partial charge in [0.15, 0.2) is 11.5 Å². The van der Waals surface area contributed by atoms with Crippen molar-refractivity contribution in [2.75, 3.05) is 7.05 Å². The lowest BCUT2D eigenvalue weighted by molar-refractivity contribution is 0.0926. The van der Waals surface area contributed by atoms with Crippen LogP contribution >= 0.6 is 0 Å². The minimum Gasteiger partial charge on any atom is -0.340 e. The number of urea groups is 1. The Morgan fingerprint density at radius 2 is 2.05 bits per heavy atom. The van der Waals surface area contributed by atoms with Crippen LogP contribution in [0.5, 0.6) is 0 Å². The van der Waals surface area contributed by atoms with Crippen LogP contribution in [0.2, 0.25) is 0 Å². The Balaban J connectivity index is 2.82. The van der Waals surface area contributed by atoms with Crippen LogP contribution in [-0.2, 0) is 6.42 Å². The van der Waals surface area contributed by atoms with E-state index in [9.17, 15) is 14.0 Å². The van der Waals surface area contributed by atoms with E-state index < -0.39 is 17.8 Å². The SMILES string of the molecule is CNC(=O)NNC(=O)c1nccc(CC(C)C)c1F. The maximum Gasteiger partial charge on any atom is 0.333 e. The molecule has 0 spiro atoms. The summed E-state index contributed by atoms with van der Waals surface area (Å²) in [6, 6.07) is 0.935. The van der Waals surface area contributed by atoms with Crippen molar-refractivity contribution in [3.8, 4) is 0 Å². The number of amides is 3. The summed E-state index contributed by atoms with van der Waals surface area (Å²) in [5, 5.41) is 2.24. The van der Waals surface area contributed by atoms with E-state index in [-0.39, 0.29) is 11.6 Å². The van der Waals surface area contributed by atoms with Gasteiger partial charge in [0.25, 0.3) is 5.91 Å². The average molecular weight is 268 g/mol. The normalized spacial score (nSPS) is 10.2. The topological polar surface area (TPSA) is 83.1 Å². The molecule has 6 nitrogen and oxygen atoms in total. The molecule has 1 heterocycles. The molecule has 7 heteroatoms. The molecule has 104 valence electrons. The zero-order chi connectivity index (χ0) is 14.4. The predicted molar refractivity (Wildman–Crippen MR) is 67.8 cm³/mol. The van der Waals surface area contributed by atoms with Crippen molar-refractivity contribution in [3.05, 3.63) is 29.3 Å². The molecule has 19 heavy (non-hydrogen) atoms. The van der Waals surface area contributed by atoms with Gasteiger partial charge >= 0.3 is 6.03 Å². The third kappa shape index (κ3) is 4.20. The number of pyridine rings is 1. The lowest BCUT2D eigenvalue weighted by atomic mass is 10.0. The van der Waals surface area contributed by atoms with Crippen molar-refractivity contribution >= 4 is 11.9 Å². The molecule has 1 aromatic rings. The predicted octanol–water partition coefficient (Wildman–Crippen LogP) is 0.993. The number of hydrogen-bond donors (Lipinski definition) is 3. The summed E-state index contributed by atoms with van der Waals surface area (Å²) in [4.78, 5) is 26.3. The molecule has 3 N–H and O–H groups in total. The molecule has 0 saturated heterocycles. The molecule has 0 aliphatic rings. The summed E-state index contributed by atoms with van der Waals surface area (Å²) in [6.07, 6.45) is 1.88. The highest BCUT2D eigenvalue weighted by atomic mass is 19.1. The van der Waals surface area contributed by atoms with Gasteiger partial charge in [0.05, 0.1) is 0 Å². The third-order valence-corrected chi connectivity index (χ3v) is 2.33. The molecule has 1 rings (SSSR count). The highest BCUT2D eigenvalue weighted by Gasteiger charge is 2.17. The molecular formula is C12H17FN4O2. The first kappa shape index (κ1) is 14.9. The fourth-order valence-electron chi connectivity index (χ4n) is 1.47. The standard InChI is InChI=1S/C12H17FN4O2/c1-7(2)6-8-4-5-15-10(9(8)13)11(18)16-17-12(19)14-3/h4-5,7H,6H2,1-3H3,(H,16,18)(H2,14,17,19). The van der Waals surface area contributed by atoms with Gasteiger partial charge in [-0.05, 0) is 24.0 Å². The molecular weight excluding hydrogens is 251 g/mol. The second-order valence-electron chi connectivity index (χ2n) is 4.39. The number of hydrazine groups is 1. The maximum absolute atomic E-state index is 14.0. The van der Waals surface area contributed by atoms with Crippen LogP contribution in [0.15, 0.2) is 12.3 Å². The summed E-state index contributed by atoms with van der Waals surface area (Å²) in [6.45, 7) is 3.90. The van der Waals surface area contributed by atoms with Crippen LogP contribution < -0.4 is 16.2 Å². The number of nitrogens with zero attached hydrogens (tertiary/aromatic N) is 1. The number of aromatic nitrogens is 1. The molecule has 0 aliphatic carbocycles. The van der Waals surface area contributed by atoms with Crippen LogP contribution in [0.4, 0.5) is 9.18 Å². The molecule has 0 aliphatic heterocycles. The van der Waals surface area contributed by atoms with Crippen LogP contribution in [0.25, 0.3) is 0 Å². The lowest BCUT2D eigenvalue weighted by Gasteiger charge is -2.10. The minimum absolute atomic E-state index is 0.261. The van der Waals surface area contributed by atoms with Gasteiger partial charge in [0.2, 0.25) is 0 Å². The van der Waals surface area contributed by atoms with E-state index in [0.717, 1.165) is 0 Å². The Bertz CT molecular complexity index is 477. The lowest BCUT2D eigenvalue weighted by Crippen LogP contribution is -2.46. The van der Waals surface area contributed by atoms with E-state index >= 15 is 0 Å². The van der Waals surface area contributed by atoms with Gasteiger partial charge in [0, 0.05) is 13.2 Å². The molecule has 0 unspecified atom stereocenters. The van der Waals surface area contributed by atoms with Gasteiger partial charge in [-0.15, -0.1) is 0 Å². The summed E-state index contributed by atoms with van der Waals surface area (Å²) < 4.78 is 14.0. The summed E-state index contributed by atoms with van der Waals surface area (Å²) in [7, 11) is 1.39. The quantitative estimate of drug-likeness (QED) is 0.715. The van der Waals surface area contributed by atoms with Crippen molar-refractivity contribution < 1.29 is 14.0 Å². The number of hydrogen-bond acceptors (Lipinski definition) is 3. The van der Waals surface area contributed by atoms with E-state index in [0.29, 0.717) is 12.0 Å². The minimum atomic E-state index is -0.799. The van der Waals surface area contributed by atoms with Gasteiger partial charge < -0.3 is 5.32 Å². The fourth-order valence-corrected chi connectivity index (χ4v) is 1.47. The van der Waals surface area contributed by atoms with Crippen molar-refractivity contribution in [2.24, 2.45) is 5.92 Å². The monoisotopic (exact) mass is 268 g/mol. The van der Waals surface area contributed by atoms with E-state index in [1.54, 1.807) is 0 Å². The van der Waals surface area contributed by atoms with Gasteiger partial charge in [0.1, 0.15) is 0 Å². The van der Waals surface area contributed by atoms with Gasteiger partial charge in [-0.2, -0.15) is 0 Å². The van der Waals surface area contributed by atoms with Crippen molar-refractivity contribution in [1.29, 1.82) is 0 Å². The third-order valence-electron chi connectivity index (χ3n) is 2.33. The summed E-state index contributed by atoms with van der Waals surface area (Å²) >= 11 is 0. The molecule has 1 aromatic heterocycles. The van der Waals surface area contributed by atoms with E-state index in [2.05, 4.69) is 21.2 Å². The van der Waals surface area contributed by atoms with Gasteiger partial charge in [-0.25, -0.2) is 19.6 Å². The highest BCUT2D eigenvalue weighted by molar-refractivity contribution is 5.93. The number of carbonyl (C=O) groups is 2. The Labute approximate surface area is 110 Å². The van der Waals surface area contributed by atoms with Gasteiger partial charge in [-0.3, -0.25) is 10.2 Å². The zero-order valence-electron chi connectivity index (χ0n) is 11.1. The average Bonchev–Trinajstić information content (AvgIpc) is 2.37. The Morgan fingerprint density at radius 1 is 1.37 bits per heavy atom. The van der Waals surface area contributed by atoms with Crippen molar-refractivity contribution in [2.45, 2.75) is 20.3 Å². The van der Waals surface area contributed by atoms with Crippen molar-refractivity contribution in [1.82, 2.24) is 21.2 Å².